The largest absolute Gasteiger partial charge is 0.372 e. The summed E-state index contributed by atoms with van der Waals surface area (Å²) in [5.74, 6) is 0. The minimum Gasteiger partial charge on any atom is -0.372 e. The third-order valence-corrected chi connectivity index (χ3v) is 4.57. The Bertz CT molecular complexity index is 285. The maximum Gasteiger partial charge on any atom is 0.0707 e. The van der Waals surface area contributed by atoms with E-state index in [2.05, 4.69) is 42.9 Å². The molecular formula is C16H33N3O. The molecule has 20 heavy (non-hydrogen) atoms. The van der Waals surface area contributed by atoms with Crippen LogP contribution >= 0.6 is 0 Å². The second kappa shape index (κ2) is 7.74. The van der Waals surface area contributed by atoms with Gasteiger partial charge >= 0.3 is 0 Å². The number of nitrogens with one attached hydrogen (secondary N) is 1. The maximum absolute atomic E-state index is 6.21. The fraction of sp³-hybridized carbons (Fsp3) is 1.00. The van der Waals surface area contributed by atoms with Crippen molar-refractivity contribution in [2.24, 2.45) is 0 Å². The van der Waals surface area contributed by atoms with Gasteiger partial charge < -0.3 is 15.0 Å². The number of nitrogens with zero attached hydrogens (tertiary/aromatic N) is 2. The van der Waals surface area contributed by atoms with Gasteiger partial charge in [-0.25, -0.2) is 0 Å². The first-order chi connectivity index (χ1) is 9.54. The van der Waals surface area contributed by atoms with Gasteiger partial charge in [-0.1, -0.05) is 13.8 Å². The molecule has 4 nitrogen and oxygen atoms in total. The summed E-state index contributed by atoms with van der Waals surface area (Å²) in [6.07, 6.45) is 4.59. The van der Waals surface area contributed by atoms with Gasteiger partial charge in [-0.2, -0.15) is 0 Å². The van der Waals surface area contributed by atoms with E-state index < -0.39 is 0 Å². The van der Waals surface area contributed by atoms with Crippen LogP contribution in [0.1, 0.15) is 40.0 Å². The van der Waals surface area contributed by atoms with Gasteiger partial charge in [-0.15, -0.1) is 0 Å². The number of likely N-dealkylation sites (N-methyl/N-ethyl adjacent to an activating group) is 1. The Morgan fingerprint density at radius 1 is 1.20 bits per heavy atom. The van der Waals surface area contributed by atoms with Crippen molar-refractivity contribution < 1.29 is 4.74 Å². The van der Waals surface area contributed by atoms with Crippen LogP contribution in [0.3, 0.4) is 0 Å². The van der Waals surface area contributed by atoms with Crippen LogP contribution in [0.25, 0.3) is 0 Å². The lowest BCUT2D eigenvalue weighted by Gasteiger charge is -2.30. The van der Waals surface area contributed by atoms with Gasteiger partial charge in [0.1, 0.15) is 0 Å². The van der Waals surface area contributed by atoms with Crippen molar-refractivity contribution >= 4 is 0 Å². The molecule has 4 heteroatoms. The summed E-state index contributed by atoms with van der Waals surface area (Å²) in [4.78, 5) is 5.09. The Labute approximate surface area is 124 Å². The molecule has 2 rings (SSSR count). The molecule has 0 aromatic rings. The number of hydrogen-bond donors (Lipinski definition) is 1. The van der Waals surface area contributed by atoms with Crippen LogP contribution < -0.4 is 5.32 Å². The Kier molecular flexibility index (Phi) is 6.27. The van der Waals surface area contributed by atoms with E-state index >= 15 is 0 Å². The number of ether oxygens (including phenoxy) is 1. The molecule has 2 heterocycles. The Hall–Kier alpha value is -0.160. The molecule has 118 valence electrons. The number of hydrogen-bond acceptors (Lipinski definition) is 4. The van der Waals surface area contributed by atoms with Crippen molar-refractivity contribution in [2.75, 3.05) is 39.8 Å². The average molecular weight is 283 g/mol. The van der Waals surface area contributed by atoms with Crippen LogP contribution in [0.4, 0.5) is 0 Å². The lowest BCUT2D eigenvalue weighted by molar-refractivity contribution is 0.0158. The topological polar surface area (TPSA) is 27.7 Å². The van der Waals surface area contributed by atoms with E-state index in [-0.39, 0.29) is 0 Å². The highest BCUT2D eigenvalue weighted by Crippen LogP contribution is 2.21. The van der Waals surface area contributed by atoms with Crippen LogP contribution in [-0.4, -0.2) is 73.9 Å². The molecular weight excluding hydrogens is 250 g/mol. The summed E-state index contributed by atoms with van der Waals surface area (Å²) < 4.78 is 6.21. The lowest BCUT2D eigenvalue weighted by Crippen LogP contribution is -2.42. The quantitative estimate of drug-likeness (QED) is 0.829. The fourth-order valence-corrected chi connectivity index (χ4v) is 3.39. The summed E-state index contributed by atoms with van der Waals surface area (Å²) in [5, 5.41) is 3.49. The van der Waals surface area contributed by atoms with Gasteiger partial charge in [0.15, 0.2) is 0 Å². The molecule has 2 aliphatic heterocycles. The summed E-state index contributed by atoms with van der Waals surface area (Å²) in [6.45, 7) is 12.5. The predicted octanol–water partition coefficient (Wildman–Crippen LogP) is 1.56. The average Bonchev–Trinajstić information content (AvgIpc) is 2.76. The van der Waals surface area contributed by atoms with E-state index in [1.165, 1.54) is 38.9 Å². The van der Waals surface area contributed by atoms with Crippen LogP contribution in [0, 0.1) is 0 Å². The van der Waals surface area contributed by atoms with Crippen molar-refractivity contribution in [1.82, 2.24) is 15.1 Å². The monoisotopic (exact) mass is 283 g/mol. The SMILES string of the molecule is CC(C)NCC1CCC(CN2CCCN(C)CC2C)O1. The van der Waals surface area contributed by atoms with E-state index in [4.69, 9.17) is 4.74 Å². The van der Waals surface area contributed by atoms with Gasteiger partial charge in [0.25, 0.3) is 0 Å². The molecule has 2 aliphatic rings. The van der Waals surface area contributed by atoms with Crippen LogP contribution in [-0.2, 0) is 4.74 Å². The second-order valence-electron chi connectivity index (χ2n) is 6.98. The Balaban J connectivity index is 1.73. The minimum atomic E-state index is 0.423. The molecule has 0 bridgehead atoms. The molecule has 0 amide bonds. The highest BCUT2D eigenvalue weighted by Gasteiger charge is 2.29. The summed E-state index contributed by atoms with van der Waals surface area (Å²) in [7, 11) is 2.24. The molecule has 0 saturated carbocycles. The van der Waals surface area contributed by atoms with Crippen molar-refractivity contribution in [1.29, 1.82) is 0 Å². The molecule has 3 unspecified atom stereocenters. The van der Waals surface area contributed by atoms with E-state index in [0.29, 0.717) is 24.3 Å². The van der Waals surface area contributed by atoms with Crippen molar-refractivity contribution in [3.63, 3.8) is 0 Å². The third-order valence-electron chi connectivity index (χ3n) is 4.57. The van der Waals surface area contributed by atoms with Crippen molar-refractivity contribution in [3.05, 3.63) is 0 Å². The van der Waals surface area contributed by atoms with E-state index in [0.717, 1.165) is 13.1 Å². The molecule has 0 aromatic heterocycles. The number of rotatable bonds is 5. The normalized spacial score (nSPS) is 33.8. The molecule has 2 saturated heterocycles. The van der Waals surface area contributed by atoms with Gasteiger partial charge in [-0.05, 0) is 46.3 Å². The molecule has 3 atom stereocenters. The molecule has 0 aliphatic carbocycles. The van der Waals surface area contributed by atoms with Gasteiger partial charge in [-0.3, -0.25) is 4.90 Å². The van der Waals surface area contributed by atoms with Crippen molar-refractivity contribution in [3.8, 4) is 0 Å². The summed E-state index contributed by atoms with van der Waals surface area (Å²) in [5.41, 5.74) is 0. The smallest absolute Gasteiger partial charge is 0.0707 e. The van der Waals surface area contributed by atoms with Gasteiger partial charge in [0, 0.05) is 31.7 Å². The van der Waals surface area contributed by atoms with Crippen molar-refractivity contribution in [2.45, 2.75) is 64.3 Å². The zero-order chi connectivity index (χ0) is 14.5. The Morgan fingerprint density at radius 3 is 2.70 bits per heavy atom. The maximum atomic E-state index is 6.21. The summed E-state index contributed by atoms with van der Waals surface area (Å²) >= 11 is 0. The van der Waals surface area contributed by atoms with Gasteiger partial charge in [0.2, 0.25) is 0 Å². The molecule has 1 N–H and O–H groups in total. The first-order valence-electron chi connectivity index (χ1n) is 8.36. The first-order valence-corrected chi connectivity index (χ1v) is 8.36. The second-order valence-corrected chi connectivity index (χ2v) is 6.98. The Morgan fingerprint density at radius 2 is 1.95 bits per heavy atom. The zero-order valence-electron chi connectivity index (χ0n) is 13.8. The fourth-order valence-electron chi connectivity index (χ4n) is 3.39. The standard InChI is InChI=1S/C16H33N3O/c1-13(2)17-10-15-6-7-16(20-15)12-19-9-5-8-18(4)11-14(19)3/h13-17H,5-12H2,1-4H3. The molecule has 0 radical (unpaired) electrons. The first kappa shape index (κ1) is 16.2. The highest BCUT2D eigenvalue weighted by molar-refractivity contribution is 4.82. The van der Waals surface area contributed by atoms with Crippen LogP contribution in [0.5, 0.6) is 0 Å². The van der Waals surface area contributed by atoms with E-state index in [9.17, 15) is 0 Å². The molecule has 2 fully saturated rings. The summed E-state index contributed by atoms with van der Waals surface area (Å²) in [6, 6.07) is 1.21. The molecule has 0 aromatic carbocycles. The van der Waals surface area contributed by atoms with Crippen LogP contribution in [0.15, 0.2) is 0 Å². The minimum absolute atomic E-state index is 0.423. The lowest BCUT2D eigenvalue weighted by atomic mass is 10.1. The van der Waals surface area contributed by atoms with Gasteiger partial charge in [0.05, 0.1) is 12.2 Å². The predicted molar refractivity (Wildman–Crippen MR) is 84.2 cm³/mol. The molecule has 0 spiro atoms. The highest BCUT2D eigenvalue weighted by atomic mass is 16.5. The van der Waals surface area contributed by atoms with Crippen LogP contribution in [0.2, 0.25) is 0 Å². The third kappa shape index (κ3) is 4.99. The van der Waals surface area contributed by atoms with E-state index in [1.807, 2.05) is 0 Å². The zero-order valence-corrected chi connectivity index (χ0v) is 13.8. The van der Waals surface area contributed by atoms with E-state index in [1.54, 1.807) is 0 Å².